The van der Waals surface area contributed by atoms with Crippen LogP contribution >= 0.6 is 0 Å². The number of benzene rings is 6. The summed E-state index contributed by atoms with van der Waals surface area (Å²) in [6.07, 6.45) is 4.01. The highest BCUT2D eigenvalue weighted by atomic mass is 19.1. The van der Waals surface area contributed by atoms with Crippen molar-refractivity contribution in [2.24, 2.45) is 17.6 Å². The van der Waals surface area contributed by atoms with Crippen molar-refractivity contribution in [2.75, 3.05) is 0 Å². The molecule has 3 atom stereocenters. The molecule has 0 amide bonds. The molecular weight excluding hydrogens is 625 g/mol. The number of aryl methyl sites for hydroxylation is 1. The quantitative estimate of drug-likeness (QED) is 0.198. The first-order valence-electron chi connectivity index (χ1n) is 16.9. The summed E-state index contributed by atoms with van der Waals surface area (Å²) >= 11 is 0. The number of nitrogens with two attached hydrogens (primary N) is 1. The third kappa shape index (κ3) is 4.02. The van der Waals surface area contributed by atoms with Gasteiger partial charge in [0.15, 0.2) is 0 Å². The smallest absolute Gasteiger partial charge is 0.132 e. The predicted octanol–water partition coefficient (Wildman–Crippen LogP) is 10.6. The van der Waals surface area contributed by atoms with Crippen molar-refractivity contribution < 1.29 is 13.9 Å². The maximum atomic E-state index is 16.2. The maximum absolute atomic E-state index is 16.2. The first-order chi connectivity index (χ1) is 24.4. The topological polar surface area (TPSA) is 56.1 Å². The van der Waals surface area contributed by atoms with Gasteiger partial charge >= 0.3 is 0 Å². The van der Waals surface area contributed by atoms with Gasteiger partial charge in [-0.2, -0.15) is 0 Å². The molecule has 6 heteroatoms. The average Bonchev–Trinajstić information content (AvgIpc) is 3.55. The number of hydrogen-bond donors (Lipinski definition) is 2. The Hall–Kier alpha value is -6.14. The van der Waals surface area contributed by atoms with E-state index in [1.54, 1.807) is 18.2 Å². The molecule has 8 aromatic rings. The van der Waals surface area contributed by atoms with Gasteiger partial charge in [-0.15, -0.1) is 0 Å². The third-order valence-corrected chi connectivity index (χ3v) is 10.8. The second-order valence-electron chi connectivity index (χ2n) is 13.6. The van der Waals surface area contributed by atoms with Crippen molar-refractivity contribution in [1.29, 1.82) is 0 Å². The minimum atomic E-state index is -0.642. The van der Waals surface area contributed by atoms with Gasteiger partial charge in [-0.05, 0) is 67.1 Å². The van der Waals surface area contributed by atoms with E-state index in [4.69, 9.17) is 5.73 Å². The van der Waals surface area contributed by atoms with Gasteiger partial charge in [0.05, 0.1) is 11.0 Å². The Bertz CT molecular complexity index is 2750. The van der Waals surface area contributed by atoms with Crippen molar-refractivity contribution in [2.45, 2.75) is 13.0 Å². The molecule has 10 rings (SSSR count). The van der Waals surface area contributed by atoms with Crippen LogP contribution in [0.5, 0.6) is 5.75 Å². The van der Waals surface area contributed by atoms with Crippen LogP contribution in [0, 0.1) is 30.4 Å². The van der Waals surface area contributed by atoms with E-state index in [-0.39, 0.29) is 40.3 Å². The normalized spacial score (nSPS) is 18.5. The van der Waals surface area contributed by atoms with E-state index < -0.39 is 11.6 Å². The Morgan fingerprint density at radius 1 is 0.600 bits per heavy atom. The maximum Gasteiger partial charge on any atom is 0.132 e. The highest BCUT2D eigenvalue weighted by molar-refractivity contribution is 6.10. The van der Waals surface area contributed by atoms with Gasteiger partial charge in [-0.25, -0.2) is 8.78 Å². The lowest BCUT2D eigenvalue weighted by Crippen LogP contribution is -2.09. The summed E-state index contributed by atoms with van der Waals surface area (Å²) in [7, 11) is 0. The number of aromatic nitrogens is 2. The van der Waals surface area contributed by atoms with Crippen molar-refractivity contribution in [3.63, 3.8) is 0 Å². The molecule has 2 aromatic heterocycles. The van der Waals surface area contributed by atoms with E-state index in [9.17, 15) is 5.11 Å². The Morgan fingerprint density at radius 3 is 1.88 bits per heavy atom. The molecule has 2 unspecified atom stereocenters. The lowest BCUT2D eigenvalue weighted by molar-refractivity contribution is 0.476. The fourth-order valence-corrected chi connectivity index (χ4v) is 8.49. The number of halogens is 2. The fourth-order valence-electron chi connectivity index (χ4n) is 8.49. The number of aromatic hydroxyl groups is 1. The molecule has 1 fully saturated rings. The molecule has 2 heterocycles. The third-order valence-electron chi connectivity index (χ3n) is 10.8. The highest BCUT2D eigenvalue weighted by Crippen LogP contribution is 2.59. The molecule has 6 aromatic carbocycles. The summed E-state index contributed by atoms with van der Waals surface area (Å²) in [5.74, 6) is -1.25. The monoisotopic (exact) mass is 655 g/mol. The standard InChI is InChI=1S/C44H31F2N3O/c1-24-14-16-29-28-10-4-7-13-39(28)49(40(29)20-24)44-30-22-32(36(47)23-31(30)44)42-34(45)17-18-35(46)43(42)33-21-25(15-19-41(33)50)48-37-11-5-2-8-26(37)27-9-3-6-12-38(27)48/h2-23,30-31,44,50H,47H2,1H3/t30?,31?,44-/m1/s1. The van der Waals surface area contributed by atoms with Crippen LogP contribution in [0.4, 0.5) is 8.78 Å². The molecule has 0 saturated heterocycles. The summed E-state index contributed by atoms with van der Waals surface area (Å²) in [4.78, 5) is 0. The van der Waals surface area contributed by atoms with Crippen LogP contribution in [0.1, 0.15) is 17.2 Å². The Balaban J connectivity index is 1.14. The predicted molar refractivity (Wildman–Crippen MR) is 198 cm³/mol. The number of nitrogens with zero attached hydrogens (tertiary/aromatic N) is 2. The van der Waals surface area contributed by atoms with E-state index in [1.807, 2.05) is 48.6 Å². The molecule has 0 bridgehead atoms. The fraction of sp³-hybridized carbons (Fsp3) is 0.0909. The van der Waals surface area contributed by atoms with Crippen LogP contribution in [0.15, 0.2) is 139 Å². The van der Waals surface area contributed by atoms with Gasteiger partial charge in [0.25, 0.3) is 0 Å². The van der Waals surface area contributed by atoms with Crippen LogP contribution in [0.2, 0.25) is 0 Å². The molecule has 3 N–H and O–H groups in total. The van der Waals surface area contributed by atoms with Crippen LogP contribution in [-0.4, -0.2) is 14.2 Å². The van der Waals surface area contributed by atoms with Crippen LogP contribution in [0.25, 0.3) is 66.0 Å². The van der Waals surface area contributed by atoms with Gasteiger partial charge in [0, 0.05) is 84.1 Å². The number of allylic oxidation sites excluding steroid dienone is 3. The lowest BCUT2D eigenvalue weighted by atomic mass is 9.88. The Labute approximate surface area is 286 Å². The summed E-state index contributed by atoms with van der Waals surface area (Å²) < 4.78 is 36.8. The van der Waals surface area contributed by atoms with Gasteiger partial charge in [-0.1, -0.05) is 78.9 Å². The summed E-state index contributed by atoms with van der Waals surface area (Å²) in [5, 5.41) is 15.8. The zero-order valence-electron chi connectivity index (χ0n) is 27.1. The van der Waals surface area contributed by atoms with E-state index >= 15 is 8.78 Å². The van der Waals surface area contributed by atoms with Crippen molar-refractivity contribution in [3.8, 4) is 22.6 Å². The zero-order valence-corrected chi connectivity index (χ0v) is 27.1. The lowest BCUT2D eigenvalue weighted by Gasteiger charge is -2.19. The number of hydrogen-bond acceptors (Lipinski definition) is 2. The number of phenolic OH excluding ortho intramolecular Hbond substituents is 1. The van der Waals surface area contributed by atoms with Gasteiger partial charge < -0.3 is 20.0 Å². The molecule has 50 heavy (non-hydrogen) atoms. The molecule has 0 spiro atoms. The Kier molecular flexibility index (Phi) is 6.01. The van der Waals surface area contributed by atoms with E-state index in [2.05, 4.69) is 70.7 Å². The summed E-state index contributed by atoms with van der Waals surface area (Å²) in [6, 6.07) is 38.5. The SMILES string of the molecule is Cc1ccc2c3ccccc3n([C@H]3C4C=C(N)C(c5c(F)ccc(F)c5-c5cc(-n6c7ccccc7c7ccccc76)ccc5O)=CC43)c2c1. The average molecular weight is 656 g/mol. The minimum absolute atomic E-state index is 0.0177. The molecule has 1 saturated carbocycles. The highest BCUT2D eigenvalue weighted by Gasteiger charge is 2.52. The van der Waals surface area contributed by atoms with Crippen LogP contribution in [0.3, 0.4) is 0 Å². The number of rotatable bonds is 4. The molecule has 2 aliphatic rings. The molecule has 0 radical (unpaired) electrons. The van der Waals surface area contributed by atoms with Crippen molar-refractivity contribution in [1.82, 2.24) is 9.13 Å². The number of para-hydroxylation sites is 3. The van der Waals surface area contributed by atoms with Crippen LogP contribution in [-0.2, 0) is 0 Å². The summed E-state index contributed by atoms with van der Waals surface area (Å²) in [6.45, 7) is 2.09. The molecule has 4 nitrogen and oxygen atoms in total. The van der Waals surface area contributed by atoms with Crippen molar-refractivity contribution >= 4 is 49.2 Å². The van der Waals surface area contributed by atoms with Crippen LogP contribution < -0.4 is 5.73 Å². The number of fused-ring (bicyclic) bond motifs is 7. The second-order valence-corrected chi connectivity index (χ2v) is 13.6. The molecular formula is C44H31F2N3O. The first-order valence-corrected chi connectivity index (χ1v) is 16.9. The van der Waals surface area contributed by atoms with Gasteiger partial charge in [0.1, 0.15) is 17.4 Å². The zero-order chi connectivity index (χ0) is 33.8. The number of phenols is 1. The molecule has 2 aliphatic carbocycles. The van der Waals surface area contributed by atoms with Crippen molar-refractivity contribution in [3.05, 3.63) is 162 Å². The Morgan fingerprint density at radius 2 is 1.18 bits per heavy atom. The summed E-state index contributed by atoms with van der Waals surface area (Å²) in [5.41, 5.74) is 13.9. The largest absolute Gasteiger partial charge is 0.507 e. The van der Waals surface area contributed by atoms with E-state index in [0.717, 1.165) is 50.7 Å². The van der Waals surface area contributed by atoms with E-state index in [1.165, 1.54) is 16.3 Å². The first kappa shape index (κ1) is 28.8. The van der Waals surface area contributed by atoms with Gasteiger partial charge in [-0.3, -0.25) is 0 Å². The minimum Gasteiger partial charge on any atom is -0.507 e. The molecule has 0 aliphatic heterocycles. The van der Waals surface area contributed by atoms with Gasteiger partial charge in [0.2, 0.25) is 0 Å². The van der Waals surface area contributed by atoms with E-state index in [0.29, 0.717) is 11.3 Å². The second kappa shape index (κ2) is 10.4. The molecule has 242 valence electrons.